The molecule has 3 aromatic heterocycles. The van der Waals surface area contributed by atoms with Gasteiger partial charge in [0, 0.05) is 32.4 Å². The third-order valence-electron chi connectivity index (χ3n) is 4.63. The normalized spacial score (nSPS) is 14.8. The van der Waals surface area contributed by atoms with Gasteiger partial charge in [0.1, 0.15) is 5.82 Å². The molecule has 164 valence electrons. The lowest BCUT2D eigenvalue weighted by atomic mass is 10.2. The molecule has 0 spiro atoms. The lowest BCUT2D eigenvalue weighted by Gasteiger charge is -2.35. The van der Waals surface area contributed by atoms with E-state index in [1.807, 2.05) is 17.5 Å². The van der Waals surface area contributed by atoms with Gasteiger partial charge in [0.05, 0.1) is 21.2 Å². The van der Waals surface area contributed by atoms with Crippen molar-refractivity contribution in [2.24, 2.45) is 0 Å². The maximum atomic E-state index is 12.8. The molecule has 1 aliphatic heterocycles. The Bertz CT molecular complexity index is 1050. The number of aromatic amines is 1. The van der Waals surface area contributed by atoms with Gasteiger partial charge in [-0.3, -0.25) is 9.89 Å². The zero-order valence-corrected chi connectivity index (χ0v) is 18.3. The number of aromatic nitrogens is 4. The molecular formula is C18H16ClF3N6OS2. The molecule has 7 nitrogen and oxygen atoms in total. The topological polar surface area (TPSA) is 78.0 Å². The van der Waals surface area contributed by atoms with Crippen molar-refractivity contribution in [3.8, 4) is 10.7 Å². The number of H-pyrrole nitrogens is 1. The van der Waals surface area contributed by atoms with E-state index in [9.17, 15) is 18.0 Å². The second-order valence-corrected chi connectivity index (χ2v) is 8.92. The van der Waals surface area contributed by atoms with Crippen LogP contribution in [0.1, 0.15) is 5.56 Å². The van der Waals surface area contributed by atoms with Gasteiger partial charge in [-0.1, -0.05) is 29.4 Å². The van der Waals surface area contributed by atoms with Gasteiger partial charge in [-0.25, -0.2) is 9.97 Å². The Kier molecular flexibility index (Phi) is 6.39. The SMILES string of the molecule is O=C(CSc1n[nH]c(-c2cccs2)n1)N1CCN(c2ncc(C(F)(F)F)cc2Cl)CC1. The standard InChI is InChI=1S/C18H16ClF3N6OS2/c19-12-8-11(18(20,21)22)9-23-16(12)28-5-3-27(4-6-28)14(29)10-31-17-24-15(25-26-17)13-2-1-7-30-13/h1-2,7-9H,3-6,10H2,(H,24,25,26). The molecule has 0 radical (unpaired) electrons. The van der Waals surface area contributed by atoms with Gasteiger partial charge in [0.25, 0.3) is 0 Å². The molecule has 4 heterocycles. The number of thiophene rings is 1. The van der Waals surface area contributed by atoms with Crippen LogP contribution in [0.2, 0.25) is 5.02 Å². The third kappa shape index (κ3) is 5.13. The number of anilines is 1. The molecular weight excluding hydrogens is 473 g/mol. The van der Waals surface area contributed by atoms with Gasteiger partial charge in [0.15, 0.2) is 5.82 Å². The largest absolute Gasteiger partial charge is 0.417 e. The Morgan fingerprint density at radius 1 is 1.29 bits per heavy atom. The molecule has 0 saturated carbocycles. The molecule has 13 heteroatoms. The number of thioether (sulfide) groups is 1. The minimum absolute atomic E-state index is 0.0569. The van der Waals surface area contributed by atoms with Gasteiger partial charge in [0.2, 0.25) is 11.1 Å². The summed E-state index contributed by atoms with van der Waals surface area (Å²) in [6.07, 6.45) is -3.72. The number of hydrogen-bond acceptors (Lipinski definition) is 7. The van der Waals surface area contributed by atoms with Gasteiger partial charge in [-0.15, -0.1) is 16.4 Å². The van der Waals surface area contributed by atoms with Crippen molar-refractivity contribution in [2.45, 2.75) is 11.3 Å². The smallest absolute Gasteiger partial charge is 0.352 e. The van der Waals surface area contributed by atoms with Gasteiger partial charge in [-0.05, 0) is 17.5 Å². The predicted molar refractivity (Wildman–Crippen MR) is 113 cm³/mol. The van der Waals surface area contributed by atoms with Crippen molar-refractivity contribution < 1.29 is 18.0 Å². The number of rotatable bonds is 5. The van der Waals surface area contributed by atoms with E-state index >= 15 is 0 Å². The quantitative estimate of drug-likeness (QED) is 0.546. The fourth-order valence-corrected chi connectivity index (χ4v) is 4.69. The number of alkyl halides is 3. The lowest BCUT2D eigenvalue weighted by Crippen LogP contribution is -2.49. The highest BCUT2D eigenvalue weighted by atomic mass is 35.5. The van der Waals surface area contributed by atoms with E-state index in [1.165, 1.54) is 11.8 Å². The van der Waals surface area contributed by atoms with Crippen molar-refractivity contribution in [1.82, 2.24) is 25.1 Å². The average Bonchev–Trinajstić information content (AvgIpc) is 3.43. The number of hydrogen-bond donors (Lipinski definition) is 1. The molecule has 1 fully saturated rings. The number of nitrogens with zero attached hydrogens (tertiary/aromatic N) is 5. The molecule has 0 atom stereocenters. The Hall–Kier alpha value is -2.31. The first-order chi connectivity index (χ1) is 14.8. The number of pyridine rings is 1. The summed E-state index contributed by atoms with van der Waals surface area (Å²) in [5.74, 6) is 1.09. The minimum atomic E-state index is -4.49. The number of carbonyl (C=O) groups is 1. The van der Waals surface area contributed by atoms with E-state index in [2.05, 4.69) is 20.2 Å². The fraction of sp³-hybridized carbons (Fsp3) is 0.333. The van der Waals surface area contributed by atoms with E-state index in [0.717, 1.165) is 17.1 Å². The van der Waals surface area contributed by atoms with E-state index in [0.29, 0.717) is 37.2 Å². The molecule has 3 aromatic rings. The van der Waals surface area contributed by atoms with E-state index < -0.39 is 11.7 Å². The average molecular weight is 489 g/mol. The number of nitrogens with one attached hydrogen (secondary N) is 1. The first kappa shape index (κ1) is 21.9. The van der Waals surface area contributed by atoms with Crippen molar-refractivity contribution in [1.29, 1.82) is 0 Å². The summed E-state index contributed by atoms with van der Waals surface area (Å²) in [6.45, 7) is 1.70. The Balaban J connectivity index is 1.29. The highest BCUT2D eigenvalue weighted by molar-refractivity contribution is 7.99. The van der Waals surface area contributed by atoms with Gasteiger partial charge >= 0.3 is 6.18 Å². The van der Waals surface area contributed by atoms with Crippen LogP contribution >= 0.6 is 34.7 Å². The molecule has 0 aromatic carbocycles. The van der Waals surface area contributed by atoms with Crippen LogP contribution < -0.4 is 4.90 Å². The summed E-state index contributed by atoms with van der Waals surface area (Å²) in [5, 5.41) is 9.37. The van der Waals surface area contributed by atoms with Crippen LogP contribution in [0.4, 0.5) is 19.0 Å². The molecule has 1 amide bonds. The summed E-state index contributed by atoms with van der Waals surface area (Å²) in [7, 11) is 0. The number of amides is 1. The number of halogens is 4. The van der Waals surface area contributed by atoms with Gasteiger partial charge in [-0.2, -0.15) is 13.2 Å². The lowest BCUT2D eigenvalue weighted by molar-refractivity contribution is -0.137. The summed E-state index contributed by atoms with van der Waals surface area (Å²) >= 11 is 8.81. The minimum Gasteiger partial charge on any atom is -0.352 e. The molecule has 0 unspecified atom stereocenters. The highest BCUT2D eigenvalue weighted by Crippen LogP contribution is 2.33. The molecule has 1 saturated heterocycles. The Morgan fingerprint density at radius 2 is 2.06 bits per heavy atom. The Morgan fingerprint density at radius 3 is 2.71 bits per heavy atom. The molecule has 4 rings (SSSR count). The second kappa shape index (κ2) is 9.05. The summed E-state index contributed by atoms with van der Waals surface area (Å²) in [4.78, 5) is 25.2. The molecule has 1 aliphatic rings. The highest BCUT2D eigenvalue weighted by Gasteiger charge is 2.32. The van der Waals surface area contributed by atoms with Crippen LogP contribution in [0.25, 0.3) is 10.7 Å². The predicted octanol–water partition coefficient (Wildman–Crippen LogP) is 4.04. The Labute approximate surface area is 188 Å². The molecule has 1 N–H and O–H groups in total. The number of carbonyl (C=O) groups excluding carboxylic acids is 1. The summed E-state index contributed by atoms with van der Waals surface area (Å²) < 4.78 is 38.3. The van der Waals surface area contributed by atoms with Crippen molar-refractivity contribution >= 4 is 46.4 Å². The maximum absolute atomic E-state index is 12.8. The van der Waals surface area contributed by atoms with E-state index in [4.69, 9.17) is 11.6 Å². The van der Waals surface area contributed by atoms with Crippen LogP contribution in [-0.2, 0) is 11.0 Å². The molecule has 31 heavy (non-hydrogen) atoms. The van der Waals surface area contributed by atoms with Gasteiger partial charge < -0.3 is 9.80 Å². The third-order valence-corrected chi connectivity index (χ3v) is 6.61. The maximum Gasteiger partial charge on any atom is 0.417 e. The first-order valence-electron chi connectivity index (χ1n) is 9.16. The zero-order valence-electron chi connectivity index (χ0n) is 15.9. The summed E-state index contributed by atoms with van der Waals surface area (Å²) in [5.41, 5.74) is -0.888. The van der Waals surface area contributed by atoms with Crippen LogP contribution in [0.3, 0.4) is 0 Å². The monoisotopic (exact) mass is 488 g/mol. The first-order valence-corrected chi connectivity index (χ1v) is 11.4. The molecule has 0 bridgehead atoms. The van der Waals surface area contributed by atoms with Crippen LogP contribution in [0, 0.1) is 0 Å². The summed E-state index contributed by atoms with van der Waals surface area (Å²) in [6, 6.07) is 4.73. The van der Waals surface area contributed by atoms with E-state index in [1.54, 1.807) is 21.1 Å². The van der Waals surface area contributed by atoms with Crippen LogP contribution in [0.5, 0.6) is 0 Å². The van der Waals surface area contributed by atoms with Crippen molar-refractivity contribution in [3.05, 3.63) is 40.4 Å². The van der Waals surface area contributed by atoms with Crippen LogP contribution in [0.15, 0.2) is 34.9 Å². The number of piperazine rings is 1. The van der Waals surface area contributed by atoms with Crippen LogP contribution in [-0.4, -0.2) is 62.9 Å². The van der Waals surface area contributed by atoms with E-state index in [-0.39, 0.29) is 22.5 Å². The zero-order chi connectivity index (χ0) is 22.0. The second-order valence-electron chi connectivity index (χ2n) is 6.63. The van der Waals surface area contributed by atoms with Crippen molar-refractivity contribution in [3.63, 3.8) is 0 Å². The molecule has 0 aliphatic carbocycles. The fourth-order valence-electron chi connectivity index (χ4n) is 3.04. The van der Waals surface area contributed by atoms with Crippen molar-refractivity contribution in [2.75, 3.05) is 36.8 Å².